The van der Waals surface area contributed by atoms with Gasteiger partial charge in [-0.25, -0.2) is 9.78 Å². The Labute approximate surface area is 211 Å². The van der Waals surface area contributed by atoms with E-state index in [0.29, 0.717) is 12.1 Å². The number of rotatable bonds is 5. The maximum Gasteiger partial charge on any atom is 0.321 e. The summed E-state index contributed by atoms with van der Waals surface area (Å²) in [7, 11) is 3.98. The first-order valence-corrected chi connectivity index (χ1v) is 12.3. The second-order valence-electron chi connectivity index (χ2n) is 9.57. The number of hydrogen-bond acceptors (Lipinski definition) is 4. The number of hydrogen-bond donors (Lipinski definition) is 1. The number of carbonyl (C=O) groups is 2. The monoisotopic (exact) mass is 481 g/mol. The summed E-state index contributed by atoms with van der Waals surface area (Å²) in [5.41, 5.74) is 5.31. The van der Waals surface area contributed by atoms with Crippen molar-refractivity contribution in [1.29, 1.82) is 0 Å². The van der Waals surface area contributed by atoms with Gasteiger partial charge in [-0.05, 0) is 62.2 Å². The van der Waals surface area contributed by atoms with Crippen LogP contribution in [0.3, 0.4) is 0 Å². The van der Waals surface area contributed by atoms with Crippen molar-refractivity contribution < 1.29 is 9.59 Å². The number of imidazole rings is 1. The van der Waals surface area contributed by atoms with Crippen LogP contribution in [0.5, 0.6) is 0 Å². The highest BCUT2D eigenvalue weighted by Gasteiger charge is 2.28. The van der Waals surface area contributed by atoms with Crippen LogP contribution >= 0.6 is 0 Å². The lowest BCUT2D eigenvalue weighted by Crippen LogP contribution is -2.42. The number of piperidine rings is 1. The maximum absolute atomic E-state index is 13.1. The molecule has 5 rings (SSSR count). The highest BCUT2D eigenvalue weighted by molar-refractivity contribution is 5.95. The summed E-state index contributed by atoms with van der Waals surface area (Å²) in [5.74, 6) is 1.09. The van der Waals surface area contributed by atoms with Crippen LogP contribution in [-0.4, -0.2) is 53.3 Å². The SMILES string of the molecule is CC(=O)c1cccc(-c2nc([C@@H]3CCCN(C(=O)Nc4ccc(N(C)C)cc4)C3)n3ccccc23)c1. The van der Waals surface area contributed by atoms with Crippen molar-refractivity contribution in [3.63, 3.8) is 0 Å². The van der Waals surface area contributed by atoms with Crippen molar-refractivity contribution in [2.45, 2.75) is 25.7 Å². The third kappa shape index (κ3) is 4.69. The third-order valence-electron chi connectivity index (χ3n) is 6.83. The quantitative estimate of drug-likeness (QED) is 0.372. The molecule has 2 aromatic heterocycles. The van der Waals surface area contributed by atoms with Crippen molar-refractivity contribution in [3.8, 4) is 11.3 Å². The summed E-state index contributed by atoms with van der Waals surface area (Å²) < 4.78 is 2.13. The molecule has 0 bridgehead atoms. The average Bonchev–Trinajstić information content (AvgIpc) is 3.29. The predicted octanol–water partition coefficient (Wildman–Crippen LogP) is 5.68. The number of anilines is 2. The van der Waals surface area contributed by atoms with Gasteiger partial charge in [0.15, 0.2) is 5.78 Å². The Morgan fingerprint density at radius 2 is 1.83 bits per heavy atom. The third-order valence-corrected chi connectivity index (χ3v) is 6.83. The molecule has 0 spiro atoms. The normalized spacial score (nSPS) is 15.6. The molecule has 0 radical (unpaired) electrons. The first-order valence-electron chi connectivity index (χ1n) is 12.3. The number of benzene rings is 2. The molecule has 7 heteroatoms. The minimum atomic E-state index is -0.0902. The summed E-state index contributed by atoms with van der Waals surface area (Å²) in [6.45, 7) is 2.89. The number of carbonyl (C=O) groups excluding carboxylic acids is 2. The standard InChI is InChI=1S/C29H31N5O2/c1-20(35)21-8-6-9-22(18-21)27-26-11-4-5-17-34(26)28(31-27)23-10-7-16-33(19-23)29(36)30-24-12-14-25(15-13-24)32(2)3/h4-6,8-9,11-15,17-18,23H,7,10,16,19H2,1-3H3,(H,30,36)/t23-/m1/s1. The Hall–Kier alpha value is -4.13. The summed E-state index contributed by atoms with van der Waals surface area (Å²) in [6, 6.07) is 21.4. The van der Waals surface area contributed by atoms with Crippen LogP contribution in [0.25, 0.3) is 16.8 Å². The number of likely N-dealkylation sites (tertiary alicyclic amines) is 1. The minimum absolute atomic E-state index is 0.0332. The molecule has 1 fully saturated rings. The molecular formula is C29H31N5O2. The molecule has 0 unspecified atom stereocenters. The molecule has 1 saturated heterocycles. The fraction of sp³-hybridized carbons (Fsp3) is 0.276. The lowest BCUT2D eigenvalue weighted by Gasteiger charge is -2.32. The molecule has 184 valence electrons. The van der Waals surface area contributed by atoms with E-state index in [2.05, 4.69) is 15.8 Å². The molecule has 4 aromatic rings. The molecule has 0 aliphatic carbocycles. The van der Waals surface area contributed by atoms with E-state index in [1.54, 1.807) is 6.92 Å². The van der Waals surface area contributed by atoms with Crippen molar-refractivity contribution in [2.75, 3.05) is 37.4 Å². The van der Waals surface area contributed by atoms with E-state index >= 15 is 0 Å². The predicted molar refractivity (Wildman–Crippen MR) is 144 cm³/mol. The van der Waals surface area contributed by atoms with Gasteiger partial charge in [0.25, 0.3) is 0 Å². The number of nitrogens with one attached hydrogen (secondary N) is 1. The minimum Gasteiger partial charge on any atom is -0.378 e. The van der Waals surface area contributed by atoms with Gasteiger partial charge in [-0.3, -0.25) is 4.79 Å². The first kappa shape index (κ1) is 23.6. The number of fused-ring (bicyclic) bond motifs is 1. The van der Waals surface area contributed by atoms with Crippen molar-refractivity contribution in [3.05, 3.63) is 84.3 Å². The summed E-state index contributed by atoms with van der Waals surface area (Å²) in [5, 5.41) is 3.04. The second-order valence-corrected chi connectivity index (χ2v) is 9.57. The Morgan fingerprint density at radius 1 is 1.03 bits per heavy atom. The molecule has 3 heterocycles. The number of pyridine rings is 1. The van der Waals surface area contributed by atoms with E-state index < -0.39 is 0 Å². The first-order chi connectivity index (χ1) is 17.4. The molecule has 1 N–H and O–H groups in total. The van der Waals surface area contributed by atoms with Crippen LogP contribution in [0.1, 0.15) is 41.9 Å². The Bertz CT molecular complexity index is 1410. The van der Waals surface area contributed by atoms with Gasteiger partial charge in [-0.1, -0.05) is 24.3 Å². The van der Waals surface area contributed by atoms with Crippen LogP contribution in [0, 0.1) is 0 Å². The van der Waals surface area contributed by atoms with E-state index in [1.165, 1.54) is 0 Å². The topological polar surface area (TPSA) is 70.0 Å². The number of nitrogens with zero attached hydrogens (tertiary/aromatic N) is 4. The molecular weight excluding hydrogens is 450 g/mol. The summed E-state index contributed by atoms with van der Waals surface area (Å²) in [6.07, 6.45) is 3.90. The molecule has 0 saturated carbocycles. The van der Waals surface area contributed by atoms with Crippen LogP contribution < -0.4 is 10.2 Å². The zero-order chi connectivity index (χ0) is 25.2. The molecule has 7 nitrogen and oxygen atoms in total. The Morgan fingerprint density at radius 3 is 2.58 bits per heavy atom. The molecule has 1 aliphatic heterocycles. The van der Waals surface area contributed by atoms with Gasteiger partial charge in [0.05, 0.1) is 11.2 Å². The maximum atomic E-state index is 13.1. The molecule has 2 aromatic carbocycles. The van der Waals surface area contributed by atoms with Crippen LogP contribution in [0.15, 0.2) is 72.9 Å². The van der Waals surface area contributed by atoms with Gasteiger partial charge in [0.2, 0.25) is 0 Å². The molecule has 1 atom stereocenters. The lowest BCUT2D eigenvalue weighted by molar-refractivity contribution is 0.101. The number of urea groups is 1. The smallest absolute Gasteiger partial charge is 0.321 e. The van der Waals surface area contributed by atoms with Crippen molar-refractivity contribution >= 4 is 28.7 Å². The van der Waals surface area contributed by atoms with Gasteiger partial charge >= 0.3 is 6.03 Å². The van der Waals surface area contributed by atoms with Crippen LogP contribution in [0.4, 0.5) is 16.2 Å². The van der Waals surface area contributed by atoms with Crippen LogP contribution in [-0.2, 0) is 0 Å². The fourth-order valence-electron chi connectivity index (χ4n) is 4.87. The number of Topliss-reactive ketones (excluding diaryl/α,β-unsaturated/α-hetero) is 1. The lowest BCUT2D eigenvalue weighted by atomic mass is 9.97. The van der Waals surface area contributed by atoms with E-state index in [1.807, 2.05) is 90.8 Å². The Kier molecular flexibility index (Phi) is 6.46. The molecule has 36 heavy (non-hydrogen) atoms. The summed E-state index contributed by atoms with van der Waals surface area (Å²) in [4.78, 5) is 34.0. The fourth-order valence-corrected chi connectivity index (χ4v) is 4.87. The van der Waals surface area contributed by atoms with Gasteiger partial charge in [-0.2, -0.15) is 0 Å². The van der Waals surface area contributed by atoms with Gasteiger partial charge in [-0.15, -0.1) is 0 Å². The largest absolute Gasteiger partial charge is 0.378 e. The zero-order valence-corrected chi connectivity index (χ0v) is 20.9. The molecule has 2 amide bonds. The highest BCUT2D eigenvalue weighted by Crippen LogP contribution is 2.32. The number of ketones is 1. The van der Waals surface area contributed by atoms with Crippen molar-refractivity contribution in [1.82, 2.24) is 14.3 Å². The van der Waals surface area contributed by atoms with Gasteiger partial charge in [0, 0.05) is 61.8 Å². The van der Waals surface area contributed by atoms with E-state index in [-0.39, 0.29) is 17.7 Å². The Balaban J connectivity index is 1.40. The highest BCUT2D eigenvalue weighted by atomic mass is 16.2. The van der Waals surface area contributed by atoms with Crippen molar-refractivity contribution in [2.24, 2.45) is 0 Å². The van der Waals surface area contributed by atoms with E-state index in [4.69, 9.17) is 4.98 Å². The number of amides is 2. The summed E-state index contributed by atoms with van der Waals surface area (Å²) >= 11 is 0. The van der Waals surface area contributed by atoms with E-state index in [9.17, 15) is 9.59 Å². The van der Waals surface area contributed by atoms with Gasteiger partial charge in [0.1, 0.15) is 5.82 Å². The number of aromatic nitrogens is 2. The second kappa shape index (κ2) is 9.85. The molecule has 1 aliphatic rings. The average molecular weight is 482 g/mol. The zero-order valence-electron chi connectivity index (χ0n) is 20.9. The van der Waals surface area contributed by atoms with Gasteiger partial charge < -0.3 is 19.5 Å². The van der Waals surface area contributed by atoms with E-state index in [0.717, 1.165) is 53.4 Å². The van der Waals surface area contributed by atoms with Crippen LogP contribution in [0.2, 0.25) is 0 Å².